The summed E-state index contributed by atoms with van der Waals surface area (Å²) in [6.45, 7) is 14.5. The van der Waals surface area contributed by atoms with Gasteiger partial charge in [0.25, 0.3) is 0 Å². The smallest absolute Gasteiger partial charge is 0.311 e. The van der Waals surface area contributed by atoms with Crippen LogP contribution >= 0.6 is 0 Å². The van der Waals surface area contributed by atoms with Crippen molar-refractivity contribution >= 4 is 92.6 Å². The number of carbonyl (C=O) groups is 7. The first-order chi connectivity index (χ1) is 40.3. The molecule has 18 nitrogen and oxygen atoms in total. The number of phenolic OH excluding ortho intramolecular Hbond substituents is 1. The Balaban J connectivity index is 1.02. The largest absolute Gasteiger partial charge is 0.504 e. The van der Waals surface area contributed by atoms with Crippen molar-refractivity contribution in [2.45, 2.75) is 117 Å². The molecule has 0 fully saturated rings. The Labute approximate surface area is 488 Å². The van der Waals surface area contributed by atoms with E-state index in [1.165, 1.54) is 64.9 Å². The van der Waals surface area contributed by atoms with Gasteiger partial charge in [-0.15, -0.1) is 0 Å². The van der Waals surface area contributed by atoms with Crippen LogP contribution in [0.15, 0.2) is 73.3 Å². The molecular formula is C66H73N5O13. The Hall–Kier alpha value is -9.19. The maximum Gasteiger partial charge on any atom is 0.311 e. The highest BCUT2D eigenvalue weighted by Crippen LogP contribution is 2.43. The number of amides is 1. The Bertz CT molecular complexity index is 3670. The van der Waals surface area contributed by atoms with Crippen molar-refractivity contribution in [3.63, 3.8) is 0 Å². The number of ether oxygens (including phenoxy) is 5. The van der Waals surface area contributed by atoms with E-state index in [1.54, 1.807) is 24.3 Å². The predicted molar refractivity (Wildman–Crippen MR) is 323 cm³/mol. The number of aromatic hydroxyl groups is 1. The molecule has 1 amide bonds. The Kier molecular flexibility index (Phi) is 21.3. The van der Waals surface area contributed by atoms with Crippen LogP contribution in [0.2, 0.25) is 0 Å². The van der Waals surface area contributed by atoms with Crippen molar-refractivity contribution in [2.24, 2.45) is 0 Å². The zero-order valence-corrected chi connectivity index (χ0v) is 49.2. The molecule has 0 spiro atoms. The average Bonchev–Trinajstić information content (AvgIpc) is 4.30. The van der Waals surface area contributed by atoms with Crippen LogP contribution in [0.4, 0.5) is 0 Å². The van der Waals surface area contributed by atoms with Gasteiger partial charge in [0.05, 0.1) is 63.9 Å². The normalized spacial score (nSPS) is 13.9. The standard InChI is InChI=1S/C66H73N5O13/c1-11-45-37(3)49-34-51-39(5)47(25-28-61(77)82-9)65(70-51)48(33-63(79)83-10)66-64(40(6)52(71-66)36-54-46(12-2)38(4)50(69-54)35-53(45)68-49)56(75)16-13-14-29-67-60(76)17-15-18-62(78)84-57-27-22-42(31-59(57)81-8)20-24-44(73)32-43(72)23-19-41-21-26-55(74)58(30-41)80-7/h11,19-24,26-27,30-31,34-36,39,47,68,71,74H,1,12-18,25,28-29,32-33H2,2-10H3,(H,67,76)/b23-19+,24-20+,49-34?,50-35?,51-34?,52-36?,53-35?,54-36?,65-48?,66-48?. The zero-order valence-electron chi connectivity index (χ0n) is 49.2. The number of methoxy groups -OCH3 is 4. The van der Waals surface area contributed by atoms with Gasteiger partial charge in [-0.3, -0.25) is 38.5 Å². The number of hydrogen-bond acceptors (Lipinski definition) is 15. The van der Waals surface area contributed by atoms with Crippen LogP contribution in [0.5, 0.6) is 23.0 Å². The highest BCUT2D eigenvalue weighted by atomic mass is 16.6. The maximum absolute atomic E-state index is 14.8. The topological polar surface area (TPSA) is 255 Å². The summed E-state index contributed by atoms with van der Waals surface area (Å²) < 4.78 is 26.4. The van der Waals surface area contributed by atoms with Gasteiger partial charge in [-0.1, -0.05) is 50.8 Å². The quantitative estimate of drug-likeness (QED) is 0.0100. The molecule has 2 aliphatic rings. The van der Waals surface area contributed by atoms with Gasteiger partial charge in [-0.05, 0) is 141 Å². The number of fused-ring (bicyclic) bond motifs is 8. The molecule has 3 aromatic heterocycles. The fraction of sp³-hybridized carbons (Fsp3) is 0.348. The van der Waals surface area contributed by atoms with E-state index in [4.69, 9.17) is 33.7 Å². The molecule has 2 aliphatic heterocycles. The van der Waals surface area contributed by atoms with Gasteiger partial charge >= 0.3 is 17.9 Å². The van der Waals surface area contributed by atoms with Crippen LogP contribution in [-0.2, 0) is 44.7 Å². The summed E-state index contributed by atoms with van der Waals surface area (Å²) in [4.78, 5) is 109. The first kappa shape index (κ1) is 62.4. The lowest BCUT2D eigenvalue weighted by Gasteiger charge is -2.18. The van der Waals surface area contributed by atoms with Crippen molar-refractivity contribution in [3.05, 3.63) is 135 Å². The third-order valence-electron chi connectivity index (χ3n) is 15.3. The lowest BCUT2D eigenvalue weighted by atomic mass is 9.84. The first-order valence-electron chi connectivity index (χ1n) is 28.0. The highest BCUT2D eigenvalue weighted by molar-refractivity contribution is 6.11. The number of allylic oxidation sites excluding steroid dienone is 4. The molecule has 0 radical (unpaired) electrons. The monoisotopic (exact) mass is 1140 g/mol. The number of benzene rings is 2. The minimum atomic E-state index is -0.581. The molecule has 0 saturated heterocycles. The molecule has 4 N–H and O–H groups in total. The van der Waals surface area contributed by atoms with Crippen molar-refractivity contribution in [1.82, 2.24) is 25.3 Å². The minimum absolute atomic E-state index is 0.0361. The van der Waals surface area contributed by atoms with E-state index < -0.39 is 23.5 Å². The van der Waals surface area contributed by atoms with Crippen LogP contribution in [0.1, 0.15) is 163 Å². The number of aromatic amines is 2. The Morgan fingerprint density at radius 3 is 2.04 bits per heavy atom. The number of H-pyrrole nitrogens is 2. The molecule has 8 bridgehead atoms. The fourth-order valence-corrected chi connectivity index (χ4v) is 10.5. The molecule has 2 aromatic carbocycles. The van der Waals surface area contributed by atoms with Gasteiger partial charge in [0, 0.05) is 83.0 Å². The van der Waals surface area contributed by atoms with Gasteiger partial charge in [0.2, 0.25) is 5.91 Å². The highest BCUT2D eigenvalue weighted by Gasteiger charge is 2.34. The fourth-order valence-electron chi connectivity index (χ4n) is 10.5. The Morgan fingerprint density at radius 2 is 1.37 bits per heavy atom. The van der Waals surface area contributed by atoms with E-state index >= 15 is 0 Å². The summed E-state index contributed by atoms with van der Waals surface area (Å²) in [6, 6.07) is 15.3. The maximum atomic E-state index is 14.8. The van der Waals surface area contributed by atoms with Gasteiger partial charge in [0.1, 0.15) is 0 Å². The summed E-state index contributed by atoms with van der Waals surface area (Å²) in [5.41, 5.74) is 12.2. The molecule has 440 valence electrons. The summed E-state index contributed by atoms with van der Waals surface area (Å²) in [5, 5.41) is 12.7. The lowest BCUT2D eigenvalue weighted by Crippen LogP contribution is -2.24. The second-order valence-corrected chi connectivity index (χ2v) is 20.7. The third kappa shape index (κ3) is 15.1. The molecule has 0 saturated carbocycles. The van der Waals surface area contributed by atoms with Gasteiger partial charge < -0.3 is 44.1 Å². The molecule has 0 aliphatic carbocycles. The SMILES string of the molecule is C=Cc1c(C)c2cc3nc(c(CC(=O)OC)c4[nH]c(cc5nc(cc1[nH]2)C(C)=C5CC)c(C)c4C(=O)CCCCNC(=O)CCCC(=O)Oc1ccc(/C=C/C(=O)CC(=O)/C=C/c2ccc(O)c(OC)c2)cc1OC)C(CCC(=O)OC)C3C. The summed E-state index contributed by atoms with van der Waals surface area (Å²) in [6.07, 6.45) is 9.18. The van der Waals surface area contributed by atoms with Crippen LogP contribution in [-0.4, -0.2) is 101 Å². The first-order valence-corrected chi connectivity index (χ1v) is 28.0. The van der Waals surface area contributed by atoms with Crippen molar-refractivity contribution in [3.8, 4) is 23.0 Å². The van der Waals surface area contributed by atoms with Gasteiger partial charge in [-0.25, -0.2) is 4.98 Å². The molecule has 18 heteroatoms. The second kappa shape index (κ2) is 28.7. The van der Waals surface area contributed by atoms with Crippen molar-refractivity contribution in [1.29, 1.82) is 0 Å². The number of hydrogen-bond donors (Lipinski definition) is 4. The molecule has 84 heavy (non-hydrogen) atoms. The molecule has 5 heterocycles. The number of nitrogens with zero attached hydrogens (tertiary/aromatic N) is 2. The van der Waals surface area contributed by atoms with Crippen molar-refractivity contribution in [2.75, 3.05) is 35.0 Å². The van der Waals surface area contributed by atoms with E-state index in [-0.39, 0.29) is 104 Å². The van der Waals surface area contributed by atoms with E-state index in [1.807, 2.05) is 52.0 Å². The number of ketones is 3. The average molecular weight is 1140 g/mol. The molecule has 7 rings (SSSR count). The molecule has 2 atom stereocenters. The number of nitrogens with one attached hydrogen (secondary N) is 3. The van der Waals surface area contributed by atoms with E-state index in [0.29, 0.717) is 70.2 Å². The van der Waals surface area contributed by atoms with Crippen molar-refractivity contribution < 1.29 is 62.4 Å². The number of esters is 3. The molecule has 2 unspecified atom stereocenters. The molecule has 5 aromatic rings. The summed E-state index contributed by atoms with van der Waals surface area (Å²) in [5.74, 6) is -2.77. The van der Waals surface area contributed by atoms with E-state index in [0.717, 1.165) is 50.4 Å². The van der Waals surface area contributed by atoms with Gasteiger partial charge in [0.15, 0.2) is 40.3 Å². The summed E-state index contributed by atoms with van der Waals surface area (Å²) in [7, 11) is 5.48. The lowest BCUT2D eigenvalue weighted by molar-refractivity contribution is -0.141. The number of aryl methyl sites for hydroxylation is 2. The number of phenols is 1. The number of rotatable bonds is 26. The van der Waals surface area contributed by atoms with Crippen LogP contribution in [0.3, 0.4) is 0 Å². The zero-order chi connectivity index (χ0) is 60.8. The van der Waals surface area contributed by atoms with Crippen LogP contribution in [0, 0.1) is 13.8 Å². The number of unbranched alkanes of at least 4 members (excludes halogenated alkanes) is 1. The second-order valence-electron chi connectivity index (χ2n) is 20.7. The number of aromatic nitrogens is 4. The van der Waals surface area contributed by atoms with Crippen LogP contribution in [0.25, 0.3) is 51.4 Å². The predicted octanol–water partition coefficient (Wildman–Crippen LogP) is 11.7. The van der Waals surface area contributed by atoms with E-state index in [2.05, 4.69) is 28.8 Å². The van der Waals surface area contributed by atoms with Crippen LogP contribution < -0.4 is 19.5 Å². The van der Waals surface area contributed by atoms with E-state index in [9.17, 15) is 38.7 Å². The third-order valence-corrected chi connectivity index (χ3v) is 15.3. The van der Waals surface area contributed by atoms with Gasteiger partial charge in [-0.2, -0.15) is 0 Å². The number of Topliss-reactive ketones (excluding diaryl/α,β-unsaturated/α-hetero) is 1. The summed E-state index contributed by atoms with van der Waals surface area (Å²) >= 11 is 0. The number of carbonyl (C=O) groups excluding carboxylic acids is 7. The molecular weight excluding hydrogens is 1070 g/mol. The Morgan fingerprint density at radius 1 is 0.702 bits per heavy atom. The minimum Gasteiger partial charge on any atom is -0.504 e.